The number of ether oxygens (including phenoxy) is 2. The van der Waals surface area contributed by atoms with E-state index >= 15 is 0 Å². The molecule has 0 atom stereocenters. The minimum absolute atomic E-state index is 0.195. The number of esters is 2. The number of ketones is 4. The van der Waals surface area contributed by atoms with E-state index < -0.39 is 60.8 Å². The monoisotopic (exact) mass is 362 g/mol. The number of benzene rings is 1. The van der Waals surface area contributed by atoms with Gasteiger partial charge in [-0.3, -0.25) is 28.8 Å². The van der Waals surface area contributed by atoms with E-state index in [4.69, 9.17) is 0 Å². The molecule has 1 aromatic rings. The van der Waals surface area contributed by atoms with Crippen LogP contribution in [0, 0.1) is 0 Å². The number of methoxy groups -OCH3 is 2. The molecule has 0 saturated carbocycles. The summed E-state index contributed by atoms with van der Waals surface area (Å²) in [7, 11) is 2.28. The predicted octanol–water partition coefficient (Wildman–Crippen LogP) is 1.10. The molecule has 8 nitrogen and oxygen atoms in total. The molecule has 0 unspecified atom stereocenters. The fraction of sp³-hybridized carbons (Fsp3) is 0.333. The maximum atomic E-state index is 12.0. The zero-order valence-corrected chi connectivity index (χ0v) is 14.4. The lowest BCUT2D eigenvalue weighted by Crippen LogP contribution is -2.14. The van der Waals surface area contributed by atoms with Gasteiger partial charge in [0.1, 0.15) is 12.8 Å². The minimum Gasteiger partial charge on any atom is -0.469 e. The van der Waals surface area contributed by atoms with E-state index in [1.165, 1.54) is 24.3 Å². The van der Waals surface area contributed by atoms with Crippen LogP contribution in [0.3, 0.4) is 0 Å². The van der Waals surface area contributed by atoms with Crippen molar-refractivity contribution in [1.29, 1.82) is 0 Å². The molecule has 138 valence electrons. The summed E-state index contributed by atoms with van der Waals surface area (Å²) in [4.78, 5) is 69.0. The molecule has 0 spiro atoms. The molecule has 1 rings (SSSR count). The lowest BCUT2D eigenvalue weighted by Gasteiger charge is -2.04. The zero-order valence-electron chi connectivity index (χ0n) is 14.4. The van der Waals surface area contributed by atoms with Gasteiger partial charge < -0.3 is 9.47 Å². The van der Waals surface area contributed by atoms with Gasteiger partial charge in [0.25, 0.3) is 0 Å². The Morgan fingerprint density at radius 1 is 0.615 bits per heavy atom. The zero-order chi connectivity index (χ0) is 19.7. The average molecular weight is 362 g/mol. The molecule has 0 aromatic heterocycles. The first-order valence-electron chi connectivity index (χ1n) is 7.60. The van der Waals surface area contributed by atoms with Crippen molar-refractivity contribution in [2.75, 3.05) is 14.2 Å². The van der Waals surface area contributed by atoms with Crippen molar-refractivity contribution in [2.24, 2.45) is 0 Å². The number of hydrogen-bond acceptors (Lipinski definition) is 8. The van der Waals surface area contributed by atoms with Crippen molar-refractivity contribution >= 4 is 35.1 Å². The Bertz CT molecular complexity index is 667. The van der Waals surface area contributed by atoms with Crippen molar-refractivity contribution in [1.82, 2.24) is 0 Å². The van der Waals surface area contributed by atoms with Gasteiger partial charge in [-0.05, 0) is 0 Å². The summed E-state index contributed by atoms with van der Waals surface area (Å²) in [5.74, 6) is -3.59. The van der Waals surface area contributed by atoms with E-state index in [0.717, 1.165) is 14.2 Å². The van der Waals surface area contributed by atoms with E-state index in [2.05, 4.69) is 9.47 Å². The second kappa shape index (κ2) is 9.97. The molecule has 1 aromatic carbocycles. The highest BCUT2D eigenvalue weighted by Crippen LogP contribution is 2.11. The third-order valence-electron chi connectivity index (χ3n) is 3.38. The van der Waals surface area contributed by atoms with Crippen LogP contribution in [0.5, 0.6) is 0 Å². The first-order valence-corrected chi connectivity index (χ1v) is 7.60. The van der Waals surface area contributed by atoms with Gasteiger partial charge in [-0.15, -0.1) is 0 Å². The van der Waals surface area contributed by atoms with Gasteiger partial charge in [0.2, 0.25) is 0 Å². The summed E-state index contributed by atoms with van der Waals surface area (Å²) >= 11 is 0. The third-order valence-corrected chi connectivity index (χ3v) is 3.38. The predicted molar refractivity (Wildman–Crippen MR) is 87.6 cm³/mol. The van der Waals surface area contributed by atoms with Gasteiger partial charge in [-0.25, -0.2) is 0 Å². The number of Topliss-reactive ketones (excluding diaryl/α,β-unsaturated/α-hetero) is 4. The fourth-order valence-corrected chi connectivity index (χ4v) is 2.00. The second-order valence-corrected chi connectivity index (χ2v) is 5.36. The Morgan fingerprint density at radius 3 is 1.19 bits per heavy atom. The standard InChI is InChI=1S/C18H18O8/c1-25-17(23)9-13(19)7-15(21)11-3-5-12(6-4-11)16(22)8-14(20)10-18(24)26-2/h3-6H,7-10H2,1-2H3. The number of hydrogen-bond donors (Lipinski definition) is 0. The Hall–Kier alpha value is -3.16. The van der Waals surface area contributed by atoms with Crippen molar-refractivity contribution in [3.63, 3.8) is 0 Å². The average Bonchev–Trinajstić information content (AvgIpc) is 2.61. The van der Waals surface area contributed by atoms with Crippen LogP contribution in [0.15, 0.2) is 24.3 Å². The number of carbonyl (C=O) groups is 6. The molecule has 8 heteroatoms. The molecular weight excluding hydrogens is 344 g/mol. The van der Waals surface area contributed by atoms with Crippen LogP contribution in [0.4, 0.5) is 0 Å². The third kappa shape index (κ3) is 6.76. The topological polar surface area (TPSA) is 121 Å². The lowest BCUT2D eigenvalue weighted by atomic mass is 10.00. The Morgan fingerprint density at radius 2 is 0.923 bits per heavy atom. The molecule has 26 heavy (non-hydrogen) atoms. The quantitative estimate of drug-likeness (QED) is 0.344. The summed E-state index contributed by atoms with van der Waals surface area (Å²) in [5, 5.41) is 0. The molecule has 0 fully saturated rings. The summed E-state index contributed by atoms with van der Waals surface area (Å²) in [5.41, 5.74) is 0.390. The van der Waals surface area contributed by atoms with E-state index in [1.54, 1.807) is 0 Å². The van der Waals surface area contributed by atoms with Gasteiger partial charge in [0.05, 0.1) is 27.1 Å². The van der Waals surface area contributed by atoms with E-state index in [-0.39, 0.29) is 11.1 Å². The highest BCUT2D eigenvalue weighted by molar-refractivity contribution is 6.13. The maximum absolute atomic E-state index is 12.0. The highest BCUT2D eigenvalue weighted by atomic mass is 16.5. The fourth-order valence-electron chi connectivity index (χ4n) is 2.00. The molecule has 0 saturated heterocycles. The SMILES string of the molecule is COC(=O)CC(=O)CC(=O)c1ccc(C(=O)CC(=O)CC(=O)OC)cc1. The van der Waals surface area contributed by atoms with Crippen LogP contribution in [0.2, 0.25) is 0 Å². The van der Waals surface area contributed by atoms with E-state index in [0.29, 0.717) is 0 Å². The number of carbonyl (C=O) groups excluding carboxylic acids is 6. The smallest absolute Gasteiger partial charge is 0.313 e. The second-order valence-electron chi connectivity index (χ2n) is 5.36. The van der Waals surface area contributed by atoms with Gasteiger partial charge >= 0.3 is 11.9 Å². The molecule has 0 aliphatic rings. The lowest BCUT2D eigenvalue weighted by molar-refractivity contribution is -0.144. The largest absolute Gasteiger partial charge is 0.469 e. The molecule has 0 bridgehead atoms. The molecule has 0 N–H and O–H groups in total. The molecule has 0 aliphatic carbocycles. The van der Waals surface area contributed by atoms with Crippen LogP contribution in [0.1, 0.15) is 46.4 Å². The molecule has 0 aliphatic heterocycles. The van der Waals surface area contributed by atoms with Crippen LogP contribution in [0.25, 0.3) is 0 Å². The van der Waals surface area contributed by atoms with Crippen LogP contribution < -0.4 is 0 Å². The molecule has 0 amide bonds. The number of rotatable bonds is 10. The first kappa shape index (κ1) is 20.9. The summed E-state index contributed by atoms with van der Waals surface area (Å²) < 4.78 is 8.70. The Balaban J connectivity index is 2.64. The Labute approximate surface area is 149 Å². The van der Waals surface area contributed by atoms with Gasteiger partial charge in [0, 0.05) is 11.1 Å². The van der Waals surface area contributed by atoms with E-state index in [1.807, 2.05) is 0 Å². The minimum atomic E-state index is -0.722. The Kier molecular flexibility index (Phi) is 8.01. The van der Waals surface area contributed by atoms with Gasteiger partial charge in [0.15, 0.2) is 23.1 Å². The molecular formula is C18H18O8. The van der Waals surface area contributed by atoms with Crippen LogP contribution >= 0.6 is 0 Å². The van der Waals surface area contributed by atoms with Crippen LogP contribution in [-0.2, 0) is 28.7 Å². The maximum Gasteiger partial charge on any atom is 0.313 e. The van der Waals surface area contributed by atoms with E-state index in [9.17, 15) is 28.8 Å². The summed E-state index contributed by atoms with van der Waals surface area (Å²) in [6, 6.07) is 5.41. The molecule has 0 radical (unpaired) electrons. The highest BCUT2D eigenvalue weighted by Gasteiger charge is 2.18. The molecule has 0 heterocycles. The first-order chi connectivity index (χ1) is 12.3. The van der Waals surface area contributed by atoms with Crippen molar-refractivity contribution in [2.45, 2.75) is 25.7 Å². The normalized spacial score (nSPS) is 9.92. The van der Waals surface area contributed by atoms with Crippen molar-refractivity contribution in [3.05, 3.63) is 35.4 Å². The van der Waals surface area contributed by atoms with Gasteiger partial charge in [-0.1, -0.05) is 24.3 Å². The van der Waals surface area contributed by atoms with Crippen molar-refractivity contribution < 1.29 is 38.2 Å². The van der Waals surface area contributed by atoms with Gasteiger partial charge in [-0.2, -0.15) is 0 Å². The van der Waals surface area contributed by atoms with Crippen LogP contribution in [-0.4, -0.2) is 49.3 Å². The summed E-state index contributed by atoms with van der Waals surface area (Å²) in [6.07, 6.45) is -1.89. The summed E-state index contributed by atoms with van der Waals surface area (Å²) in [6.45, 7) is 0. The van der Waals surface area contributed by atoms with Crippen molar-refractivity contribution in [3.8, 4) is 0 Å².